The molecule has 0 N–H and O–H groups in total. The van der Waals surface area contributed by atoms with Gasteiger partial charge in [-0.2, -0.15) is 0 Å². The maximum atomic E-state index is 13.6. The van der Waals surface area contributed by atoms with Crippen LogP contribution in [0.25, 0.3) is 67.5 Å². The van der Waals surface area contributed by atoms with Gasteiger partial charge in [-0.1, -0.05) is 158 Å². The van der Waals surface area contributed by atoms with Gasteiger partial charge in [0.1, 0.15) is 7.14 Å². The zero-order chi connectivity index (χ0) is 35.7. The molecule has 0 radical (unpaired) electrons. The highest BCUT2D eigenvalue weighted by Gasteiger charge is 2.52. The van der Waals surface area contributed by atoms with Crippen LogP contribution in [0.1, 0.15) is 22.3 Å². The number of nitrogens with zero attached hydrogens (tertiary/aromatic N) is 3. The van der Waals surface area contributed by atoms with E-state index in [1.54, 1.807) is 0 Å². The number of hydrogen-bond acceptors (Lipinski definition) is 4. The largest absolute Gasteiger partial charge is 0.319 e. The molecule has 0 saturated heterocycles. The van der Waals surface area contributed by atoms with Crippen LogP contribution < -0.4 is 5.30 Å². The van der Waals surface area contributed by atoms with Crippen molar-refractivity contribution in [3.05, 3.63) is 192 Å². The maximum absolute atomic E-state index is 13.6. The summed E-state index contributed by atoms with van der Waals surface area (Å²) in [6, 6.07) is 59.5. The van der Waals surface area contributed by atoms with Gasteiger partial charge < -0.3 is 4.57 Å². The van der Waals surface area contributed by atoms with E-state index in [2.05, 4.69) is 133 Å². The molecule has 2 aliphatic carbocycles. The van der Waals surface area contributed by atoms with E-state index in [1.165, 1.54) is 33.4 Å². The van der Waals surface area contributed by atoms with Gasteiger partial charge in [-0.25, -0.2) is 15.0 Å². The fourth-order valence-electron chi connectivity index (χ4n) is 8.39. The van der Waals surface area contributed by atoms with Crippen molar-refractivity contribution in [1.29, 1.82) is 0 Å². The third-order valence-electron chi connectivity index (χ3n) is 10.9. The number of benzene rings is 7. The standard InChI is InChI=1S/C48H34N3OP/c1-53(2,52)36-26-28-40-39-27-25-35(29-43(39)48(44(40)30-36)41-19-11-9-17-37(41)38-18-10-12-20-42(38)48)47-50-45(33-15-7-4-8-16-33)49-46(51-47)34-23-21-32(22-24-34)31-13-5-3-6-14-31/h3-30H,1-2H3. The van der Waals surface area contributed by atoms with Crippen molar-refractivity contribution >= 4 is 12.4 Å². The van der Waals surface area contributed by atoms with E-state index in [-0.39, 0.29) is 0 Å². The summed E-state index contributed by atoms with van der Waals surface area (Å²) >= 11 is 0. The highest BCUT2D eigenvalue weighted by atomic mass is 31.2. The molecule has 53 heavy (non-hydrogen) atoms. The first kappa shape index (κ1) is 31.5. The second-order valence-electron chi connectivity index (χ2n) is 14.3. The Kier molecular flexibility index (Phi) is 7.08. The average Bonchev–Trinajstić information content (AvgIpc) is 3.68. The summed E-state index contributed by atoms with van der Waals surface area (Å²) in [6.07, 6.45) is 0. The number of aromatic nitrogens is 3. The fourth-order valence-corrected chi connectivity index (χ4v) is 9.27. The molecular formula is C48H34N3OP. The lowest BCUT2D eigenvalue weighted by atomic mass is 9.70. The molecule has 5 heteroatoms. The third kappa shape index (κ3) is 4.90. The van der Waals surface area contributed by atoms with Gasteiger partial charge >= 0.3 is 0 Å². The lowest BCUT2D eigenvalue weighted by Gasteiger charge is -2.31. The Labute approximate surface area is 309 Å². The van der Waals surface area contributed by atoms with Crippen LogP contribution in [0.15, 0.2) is 170 Å². The van der Waals surface area contributed by atoms with E-state index in [0.29, 0.717) is 17.5 Å². The summed E-state index contributed by atoms with van der Waals surface area (Å²) in [5.41, 5.74) is 14.1. The number of rotatable bonds is 5. The van der Waals surface area contributed by atoms with Crippen LogP contribution in [0.3, 0.4) is 0 Å². The summed E-state index contributed by atoms with van der Waals surface area (Å²) in [7, 11) is -2.55. The van der Waals surface area contributed by atoms with E-state index in [0.717, 1.165) is 44.2 Å². The molecule has 10 rings (SSSR count). The molecule has 2 aliphatic rings. The number of fused-ring (bicyclic) bond motifs is 10. The van der Waals surface area contributed by atoms with Crippen LogP contribution in [0, 0.1) is 0 Å². The molecule has 0 unspecified atom stereocenters. The van der Waals surface area contributed by atoms with E-state index in [1.807, 2.05) is 49.7 Å². The Bertz CT molecular complexity index is 2730. The monoisotopic (exact) mass is 699 g/mol. The normalized spacial score (nSPS) is 13.3. The molecule has 0 fully saturated rings. The van der Waals surface area contributed by atoms with Gasteiger partial charge in [-0.05, 0) is 81.1 Å². The summed E-state index contributed by atoms with van der Waals surface area (Å²) in [5, 5.41) is 0.887. The molecular weight excluding hydrogens is 666 g/mol. The second-order valence-corrected chi connectivity index (χ2v) is 17.5. The predicted molar refractivity (Wildman–Crippen MR) is 217 cm³/mol. The van der Waals surface area contributed by atoms with Crippen LogP contribution in [-0.4, -0.2) is 28.3 Å². The zero-order valence-corrected chi connectivity index (χ0v) is 30.3. The molecule has 4 nitrogen and oxygen atoms in total. The third-order valence-corrected chi connectivity index (χ3v) is 12.4. The highest BCUT2D eigenvalue weighted by molar-refractivity contribution is 7.70. The molecule has 0 saturated carbocycles. The Morgan fingerprint density at radius 2 is 0.774 bits per heavy atom. The topological polar surface area (TPSA) is 55.7 Å². The van der Waals surface area contributed by atoms with Crippen molar-refractivity contribution in [2.75, 3.05) is 13.3 Å². The summed E-state index contributed by atoms with van der Waals surface area (Å²) in [6.45, 7) is 3.71. The van der Waals surface area contributed by atoms with E-state index in [9.17, 15) is 4.57 Å². The molecule has 0 bridgehead atoms. The maximum Gasteiger partial charge on any atom is 0.164 e. The number of hydrogen-bond donors (Lipinski definition) is 0. The highest BCUT2D eigenvalue weighted by Crippen LogP contribution is 2.63. The van der Waals surface area contributed by atoms with Gasteiger partial charge in [-0.15, -0.1) is 0 Å². The minimum atomic E-state index is -2.55. The van der Waals surface area contributed by atoms with Crippen molar-refractivity contribution in [2.45, 2.75) is 5.41 Å². The second kappa shape index (κ2) is 11.9. The Hall–Kier alpha value is -6.22. The molecule has 7 aromatic carbocycles. The van der Waals surface area contributed by atoms with Gasteiger partial charge in [0.25, 0.3) is 0 Å². The molecule has 1 heterocycles. The quantitative estimate of drug-likeness (QED) is 0.168. The first-order valence-corrected chi connectivity index (χ1v) is 20.5. The lowest BCUT2D eigenvalue weighted by molar-refractivity contribution is 0.588. The summed E-state index contributed by atoms with van der Waals surface area (Å²) in [5.74, 6) is 1.86. The van der Waals surface area contributed by atoms with Crippen molar-refractivity contribution in [2.24, 2.45) is 0 Å². The zero-order valence-electron chi connectivity index (χ0n) is 29.4. The van der Waals surface area contributed by atoms with Crippen LogP contribution in [0.5, 0.6) is 0 Å². The van der Waals surface area contributed by atoms with Gasteiger partial charge in [-0.3, -0.25) is 0 Å². The lowest BCUT2D eigenvalue weighted by Crippen LogP contribution is -2.27. The molecule has 0 aliphatic heterocycles. The molecule has 252 valence electrons. The van der Waals surface area contributed by atoms with Crippen LogP contribution in [0.2, 0.25) is 0 Å². The Balaban J connectivity index is 1.20. The van der Waals surface area contributed by atoms with E-state index >= 15 is 0 Å². The van der Waals surface area contributed by atoms with Crippen molar-refractivity contribution in [3.8, 4) is 67.5 Å². The molecule has 8 aromatic rings. The van der Waals surface area contributed by atoms with Crippen molar-refractivity contribution < 1.29 is 4.57 Å². The van der Waals surface area contributed by atoms with E-state index in [4.69, 9.17) is 15.0 Å². The summed E-state index contributed by atoms with van der Waals surface area (Å²) < 4.78 is 13.6. The average molecular weight is 700 g/mol. The first-order chi connectivity index (χ1) is 25.9. The van der Waals surface area contributed by atoms with Gasteiger partial charge in [0.05, 0.1) is 5.41 Å². The first-order valence-electron chi connectivity index (χ1n) is 17.9. The Morgan fingerprint density at radius 3 is 1.36 bits per heavy atom. The van der Waals surface area contributed by atoms with Crippen LogP contribution in [0.4, 0.5) is 0 Å². The molecule has 0 atom stereocenters. The van der Waals surface area contributed by atoms with Crippen molar-refractivity contribution in [1.82, 2.24) is 15.0 Å². The SMILES string of the molecule is CP(C)(=O)c1ccc2c(c1)C1(c3ccccc3-c3ccccc31)c1cc(-c3nc(-c4ccccc4)nc(-c4ccc(-c5ccccc5)cc4)n3)ccc1-2. The molecule has 1 spiro atoms. The minimum absolute atomic E-state index is 0.593. The van der Waals surface area contributed by atoms with Crippen LogP contribution >= 0.6 is 7.14 Å². The fraction of sp³-hybridized carbons (Fsp3) is 0.0625. The van der Waals surface area contributed by atoms with E-state index < -0.39 is 12.6 Å². The van der Waals surface area contributed by atoms with Gasteiger partial charge in [0.15, 0.2) is 17.5 Å². The molecule has 0 amide bonds. The van der Waals surface area contributed by atoms with Gasteiger partial charge in [0, 0.05) is 22.0 Å². The summed E-state index contributed by atoms with van der Waals surface area (Å²) in [4.78, 5) is 15.3. The van der Waals surface area contributed by atoms with Crippen LogP contribution in [-0.2, 0) is 9.98 Å². The molecule has 1 aromatic heterocycles. The van der Waals surface area contributed by atoms with Gasteiger partial charge in [0.2, 0.25) is 0 Å². The smallest absolute Gasteiger partial charge is 0.164 e. The van der Waals surface area contributed by atoms with Crippen molar-refractivity contribution in [3.63, 3.8) is 0 Å². The predicted octanol–water partition coefficient (Wildman–Crippen LogP) is 11.1. The minimum Gasteiger partial charge on any atom is -0.319 e. The Morgan fingerprint density at radius 1 is 0.377 bits per heavy atom.